The molecule has 2 rings (SSSR count). The zero-order valence-electron chi connectivity index (χ0n) is 10.1. The molecular weight excluding hydrogens is 210 g/mol. The summed E-state index contributed by atoms with van der Waals surface area (Å²) in [6, 6.07) is 10.5. The SMILES string of the molecule is CCc1ccc(-c2nc(CC#N)[nH]c2C)cc1. The van der Waals surface area contributed by atoms with Crippen molar-refractivity contribution >= 4 is 0 Å². The summed E-state index contributed by atoms with van der Waals surface area (Å²) in [4.78, 5) is 7.59. The van der Waals surface area contributed by atoms with Crippen molar-refractivity contribution < 1.29 is 0 Å². The van der Waals surface area contributed by atoms with Gasteiger partial charge in [-0.2, -0.15) is 5.26 Å². The van der Waals surface area contributed by atoms with Crippen molar-refractivity contribution in [1.82, 2.24) is 9.97 Å². The molecule has 0 aliphatic carbocycles. The fraction of sp³-hybridized carbons (Fsp3) is 0.286. The van der Waals surface area contributed by atoms with Gasteiger partial charge in [-0.3, -0.25) is 0 Å². The number of hydrogen-bond acceptors (Lipinski definition) is 2. The topological polar surface area (TPSA) is 52.5 Å². The molecule has 3 heteroatoms. The number of aromatic nitrogens is 2. The van der Waals surface area contributed by atoms with Crippen LogP contribution in [-0.2, 0) is 12.8 Å². The second-order valence-corrected chi connectivity index (χ2v) is 4.04. The quantitative estimate of drug-likeness (QED) is 0.873. The third-order valence-electron chi connectivity index (χ3n) is 2.82. The number of aryl methyl sites for hydroxylation is 2. The molecule has 0 fully saturated rings. The highest BCUT2D eigenvalue weighted by Crippen LogP contribution is 2.21. The lowest BCUT2D eigenvalue weighted by atomic mass is 10.1. The van der Waals surface area contributed by atoms with Crippen LogP contribution in [0.3, 0.4) is 0 Å². The van der Waals surface area contributed by atoms with Gasteiger partial charge < -0.3 is 4.98 Å². The van der Waals surface area contributed by atoms with E-state index in [0.717, 1.165) is 29.2 Å². The first kappa shape index (κ1) is 11.4. The summed E-state index contributed by atoms with van der Waals surface area (Å²) >= 11 is 0. The number of aromatic amines is 1. The van der Waals surface area contributed by atoms with Gasteiger partial charge in [-0.05, 0) is 18.9 Å². The molecule has 1 aromatic carbocycles. The smallest absolute Gasteiger partial charge is 0.121 e. The fourth-order valence-electron chi connectivity index (χ4n) is 1.86. The van der Waals surface area contributed by atoms with Crippen molar-refractivity contribution in [3.05, 3.63) is 41.3 Å². The minimum absolute atomic E-state index is 0.327. The minimum atomic E-state index is 0.327. The molecule has 0 unspecified atom stereocenters. The third-order valence-corrected chi connectivity index (χ3v) is 2.82. The van der Waals surface area contributed by atoms with Crippen molar-refractivity contribution in [1.29, 1.82) is 5.26 Å². The van der Waals surface area contributed by atoms with Gasteiger partial charge in [0.15, 0.2) is 0 Å². The third kappa shape index (κ3) is 2.36. The standard InChI is InChI=1S/C14H15N3/c1-3-11-4-6-12(7-5-11)14-10(2)16-13(17-14)8-9-15/h4-7H,3,8H2,1-2H3,(H,16,17). The Balaban J connectivity index is 2.35. The second kappa shape index (κ2) is 4.84. The summed E-state index contributed by atoms with van der Waals surface area (Å²) in [5, 5.41) is 8.65. The van der Waals surface area contributed by atoms with Crippen molar-refractivity contribution in [3.8, 4) is 17.3 Å². The lowest BCUT2D eigenvalue weighted by Gasteiger charge is -2.00. The van der Waals surface area contributed by atoms with Crippen LogP contribution in [0.25, 0.3) is 11.3 Å². The van der Waals surface area contributed by atoms with Crippen LogP contribution >= 0.6 is 0 Å². The first-order valence-corrected chi connectivity index (χ1v) is 5.76. The normalized spacial score (nSPS) is 10.2. The maximum Gasteiger partial charge on any atom is 0.121 e. The van der Waals surface area contributed by atoms with Gasteiger partial charge in [0.05, 0.1) is 18.2 Å². The van der Waals surface area contributed by atoms with Gasteiger partial charge in [-0.15, -0.1) is 0 Å². The zero-order chi connectivity index (χ0) is 12.3. The van der Waals surface area contributed by atoms with Crippen LogP contribution in [0, 0.1) is 18.3 Å². The van der Waals surface area contributed by atoms with Gasteiger partial charge in [-0.25, -0.2) is 4.98 Å². The highest BCUT2D eigenvalue weighted by atomic mass is 14.9. The van der Waals surface area contributed by atoms with E-state index in [-0.39, 0.29) is 0 Å². The van der Waals surface area contributed by atoms with Gasteiger partial charge in [0, 0.05) is 11.3 Å². The Hall–Kier alpha value is -2.08. The lowest BCUT2D eigenvalue weighted by Crippen LogP contribution is -1.85. The summed E-state index contributed by atoms with van der Waals surface area (Å²) in [5.74, 6) is 0.736. The van der Waals surface area contributed by atoms with Gasteiger partial charge in [0.2, 0.25) is 0 Å². The average molecular weight is 225 g/mol. The Morgan fingerprint density at radius 3 is 2.59 bits per heavy atom. The molecule has 0 saturated heterocycles. The molecule has 3 nitrogen and oxygen atoms in total. The first-order valence-electron chi connectivity index (χ1n) is 5.76. The predicted octanol–water partition coefficient (Wildman–Crippen LogP) is 3.01. The molecule has 86 valence electrons. The van der Waals surface area contributed by atoms with Crippen molar-refractivity contribution in [2.75, 3.05) is 0 Å². The average Bonchev–Trinajstić information content (AvgIpc) is 2.71. The van der Waals surface area contributed by atoms with Crippen molar-refractivity contribution in [2.45, 2.75) is 26.7 Å². The van der Waals surface area contributed by atoms with E-state index >= 15 is 0 Å². The monoisotopic (exact) mass is 225 g/mol. The van der Waals surface area contributed by atoms with Gasteiger partial charge >= 0.3 is 0 Å². The van der Waals surface area contributed by atoms with Crippen LogP contribution in [-0.4, -0.2) is 9.97 Å². The van der Waals surface area contributed by atoms with E-state index in [1.54, 1.807) is 0 Å². The number of imidazole rings is 1. The van der Waals surface area contributed by atoms with E-state index in [0.29, 0.717) is 6.42 Å². The molecule has 0 radical (unpaired) electrons. The van der Waals surface area contributed by atoms with Crippen molar-refractivity contribution in [3.63, 3.8) is 0 Å². The number of H-pyrrole nitrogens is 1. The highest BCUT2D eigenvalue weighted by Gasteiger charge is 2.08. The molecule has 0 amide bonds. The summed E-state index contributed by atoms with van der Waals surface area (Å²) in [7, 11) is 0. The highest BCUT2D eigenvalue weighted by molar-refractivity contribution is 5.62. The number of nitrogens with zero attached hydrogens (tertiary/aromatic N) is 2. The molecule has 0 spiro atoms. The molecule has 1 aromatic heterocycles. The van der Waals surface area contributed by atoms with Crippen LogP contribution in [0.5, 0.6) is 0 Å². The predicted molar refractivity (Wildman–Crippen MR) is 67.5 cm³/mol. The van der Waals surface area contributed by atoms with Gasteiger partial charge in [-0.1, -0.05) is 31.2 Å². The molecule has 0 aliphatic rings. The molecule has 2 aromatic rings. The number of rotatable bonds is 3. The van der Waals surface area contributed by atoms with E-state index < -0.39 is 0 Å². The van der Waals surface area contributed by atoms with Crippen LogP contribution in [0.1, 0.15) is 24.0 Å². The van der Waals surface area contributed by atoms with Crippen LogP contribution in [0.4, 0.5) is 0 Å². The molecule has 0 atom stereocenters. The van der Waals surface area contributed by atoms with Crippen LogP contribution in [0.2, 0.25) is 0 Å². The Morgan fingerprint density at radius 2 is 2.00 bits per heavy atom. The van der Waals surface area contributed by atoms with E-state index in [1.807, 2.05) is 6.92 Å². The molecule has 17 heavy (non-hydrogen) atoms. The van der Waals surface area contributed by atoms with Crippen LogP contribution < -0.4 is 0 Å². The number of benzene rings is 1. The number of nitriles is 1. The molecule has 0 saturated carbocycles. The fourth-order valence-corrected chi connectivity index (χ4v) is 1.86. The summed E-state index contributed by atoms with van der Waals surface area (Å²) in [5.41, 5.74) is 4.37. The lowest BCUT2D eigenvalue weighted by molar-refractivity contribution is 1.05. The molecular formula is C14H15N3. The summed E-state index contributed by atoms with van der Waals surface area (Å²) in [6.45, 7) is 4.12. The molecule has 0 bridgehead atoms. The van der Waals surface area contributed by atoms with Gasteiger partial charge in [0.25, 0.3) is 0 Å². The second-order valence-electron chi connectivity index (χ2n) is 4.04. The van der Waals surface area contributed by atoms with Crippen LogP contribution in [0.15, 0.2) is 24.3 Å². The Labute approximate surface area is 101 Å². The van der Waals surface area contributed by atoms with Crippen molar-refractivity contribution in [2.24, 2.45) is 0 Å². The Bertz CT molecular complexity index is 544. The van der Waals surface area contributed by atoms with E-state index in [4.69, 9.17) is 5.26 Å². The maximum absolute atomic E-state index is 8.65. The number of hydrogen-bond donors (Lipinski definition) is 1. The summed E-state index contributed by atoms with van der Waals surface area (Å²) in [6.07, 6.45) is 1.37. The Morgan fingerprint density at radius 1 is 1.29 bits per heavy atom. The molecule has 1 heterocycles. The van der Waals surface area contributed by atoms with Gasteiger partial charge in [0.1, 0.15) is 5.82 Å². The summed E-state index contributed by atoms with van der Waals surface area (Å²) < 4.78 is 0. The molecule has 1 N–H and O–H groups in total. The largest absolute Gasteiger partial charge is 0.345 e. The van der Waals surface area contributed by atoms with E-state index in [1.165, 1.54) is 5.56 Å². The first-order chi connectivity index (χ1) is 8.24. The van der Waals surface area contributed by atoms with E-state index in [2.05, 4.69) is 47.2 Å². The van der Waals surface area contributed by atoms with E-state index in [9.17, 15) is 0 Å². The number of nitrogens with one attached hydrogen (secondary N) is 1. The maximum atomic E-state index is 8.65. The molecule has 0 aliphatic heterocycles. The zero-order valence-corrected chi connectivity index (χ0v) is 10.1. The minimum Gasteiger partial charge on any atom is -0.345 e. The Kier molecular flexibility index (Phi) is 3.24.